The predicted octanol–water partition coefficient (Wildman–Crippen LogP) is 6.17. The molecule has 26 heavy (non-hydrogen) atoms. The Kier molecular flexibility index (Phi) is 5.90. The summed E-state index contributed by atoms with van der Waals surface area (Å²) >= 11 is 0. The Morgan fingerprint density at radius 3 is 1.96 bits per heavy atom. The molecule has 1 aliphatic rings. The molecule has 140 valence electrons. The molecule has 0 atom stereocenters. The average Bonchev–Trinajstić information content (AvgIpc) is 2.66. The first-order valence-corrected chi connectivity index (χ1v) is 10.2. The van der Waals surface area contributed by atoms with E-state index in [-0.39, 0.29) is 0 Å². The Morgan fingerprint density at radius 1 is 0.808 bits per heavy atom. The highest BCUT2D eigenvalue weighted by molar-refractivity contribution is 5.48. The molecule has 0 aromatic heterocycles. The first-order chi connectivity index (χ1) is 12.5. The highest BCUT2D eigenvalue weighted by Gasteiger charge is 2.20. The van der Waals surface area contributed by atoms with E-state index in [0.717, 1.165) is 41.5 Å². The molecule has 2 N–H and O–H groups in total. The van der Waals surface area contributed by atoms with Gasteiger partial charge in [0.2, 0.25) is 0 Å². The summed E-state index contributed by atoms with van der Waals surface area (Å²) in [6.07, 6.45) is 8.77. The molecular weight excluding hydrogens is 320 g/mol. The second-order valence-electron chi connectivity index (χ2n) is 7.83. The molecule has 0 heterocycles. The number of rotatable bonds is 5. The fourth-order valence-corrected chi connectivity index (χ4v) is 4.42. The van der Waals surface area contributed by atoms with E-state index in [1.165, 1.54) is 43.2 Å². The van der Waals surface area contributed by atoms with Gasteiger partial charge in [-0.3, -0.25) is 0 Å². The molecule has 0 aliphatic heterocycles. The van der Waals surface area contributed by atoms with Crippen LogP contribution in [0.4, 0.5) is 0 Å². The van der Waals surface area contributed by atoms with Crippen LogP contribution in [0.2, 0.25) is 0 Å². The van der Waals surface area contributed by atoms with Crippen LogP contribution in [0.25, 0.3) is 0 Å². The van der Waals surface area contributed by atoms with Gasteiger partial charge in [-0.1, -0.05) is 57.4 Å². The molecule has 0 unspecified atom stereocenters. The minimum atomic E-state index is 0.462. The van der Waals surface area contributed by atoms with E-state index in [0.29, 0.717) is 17.4 Å². The summed E-state index contributed by atoms with van der Waals surface area (Å²) in [4.78, 5) is 0. The maximum absolute atomic E-state index is 10.6. The van der Waals surface area contributed by atoms with Crippen molar-refractivity contribution in [2.75, 3.05) is 0 Å². The smallest absolute Gasteiger partial charge is 0.121 e. The summed E-state index contributed by atoms with van der Waals surface area (Å²) in [6, 6.07) is 8.61. The molecule has 0 bridgehead atoms. The van der Waals surface area contributed by atoms with E-state index in [2.05, 4.69) is 38.1 Å². The van der Waals surface area contributed by atoms with Crippen molar-refractivity contribution in [1.82, 2.24) is 0 Å². The van der Waals surface area contributed by atoms with E-state index >= 15 is 0 Å². The minimum Gasteiger partial charge on any atom is -0.507 e. The topological polar surface area (TPSA) is 40.5 Å². The van der Waals surface area contributed by atoms with Crippen LogP contribution in [0.5, 0.6) is 11.5 Å². The molecule has 2 nitrogen and oxygen atoms in total. The summed E-state index contributed by atoms with van der Waals surface area (Å²) in [7, 11) is 0. The lowest BCUT2D eigenvalue weighted by atomic mass is 9.82. The second kappa shape index (κ2) is 8.16. The quantitative estimate of drug-likeness (QED) is 0.675. The van der Waals surface area contributed by atoms with Crippen molar-refractivity contribution in [3.63, 3.8) is 0 Å². The number of aryl methyl sites for hydroxylation is 3. The lowest BCUT2D eigenvalue weighted by molar-refractivity contribution is 0.412. The number of hydrogen-bond donors (Lipinski definition) is 2. The zero-order valence-corrected chi connectivity index (χ0v) is 16.4. The molecule has 3 rings (SSSR count). The van der Waals surface area contributed by atoms with Gasteiger partial charge in [0, 0.05) is 0 Å². The van der Waals surface area contributed by atoms with E-state index < -0.39 is 0 Å². The lowest BCUT2D eigenvalue weighted by Gasteiger charge is -2.24. The molecule has 2 aromatic rings. The number of phenolic OH excluding ortho intramolecular Hbond substituents is 2. The normalized spacial score (nSPS) is 15.3. The van der Waals surface area contributed by atoms with Gasteiger partial charge in [0.1, 0.15) is 11.5 Å². The molecular formula is C24H32O2. The van der Waals surface area contributed by atoms with E-state index in [4.69, 9.17) is 0 Å². The van der Waals surface area contributed by atoms with Crippen molar-refractivity contribution in [2.24, 2.45) is 0 Å². The molecule has 0 radical (unpaired) electrons. The van der Waals surface area contributed by atoms with Crippen LogP contribution in [-0.2, 0) is 19.3 Å². The molecule has 2 aromatic carbocycles. The van der Waals surface area contributed by atoms with E-state index in [1.54, 1.807) is 0 Å². The Hall–Kier alpha value is -1.96. The number of phenols is 2. The Morgan fingerprint density at radius 2 is 1.38 bits per heavy atom. The van der Waals surface area contributed by atoms with Crippen molar-refractivity contribution in [3.05, 3.63) is 57.6 Å². The lowest BCUT2D eigenvalue weighted by Crippen LogP contribution is -2.06. The van der Waals surface area contributed by atoms with E-state index in [9.17, 15) is 10.2 Å². The van der Waals surface area contributed by atoms with Gasteiger partial charge in [-0.15, -0.1) is 0 Å². The summed E-state index contributed by atoms with van der Waals surface area (Å²) in [6.45, 7) is 6.19. The van der Waals surface area contributed by atoms with Crippen LogP contribution in [0.1, 0.15) is 85.3 Å². The average molecular weight is 353 g/mol. The Labute approximate surface area is 157 Å². The van der Waals surface area contributed by atoms with Gasteiger partial charge in [0.25, 0.3) is 0 Å². The van der Waals surface area contributed by atoms with Crippen LogP contribution < -0.4 is 0 Å². The number of benzene rings is 2. The monoisotopic (exact) mass is 352 g/mol. The maximum atomic E-state index is 10.6. The molecule has 2 heteroatoms. The molecule has 0 saturated heterocycles. The zero-order valence-electron chi connectivity index (χ0n) is 16.4. The summed E-state index contributed by atoms with van der Waals surface area (Å²) in [5.74, 6) is 1.46. The van der Waals surface area contributed by atoms with Crippen molar-refractivity contribution < 1.29 is 10.2 Å². The van der Waals surface area contributed by atoms with Crippen LogP contribution in [0.15, 0.2) is 24.3 Å². The summed E-state index contributed by atoms with van der Waals surface area (Å²) in [5.41, 5.74) is 6.69. The fraction of sp³-hybridized carbons (Fsp3) is 0.500. The van der Waals surface area contributed by atoms with Crippen LogP contribution >= 0.6 is 0 Å². The molecule has 1 saturated carbocycles. The zero-order chi connectivity index (χ0) is 18.7. The van der Waals surface area contributed by atoms with Crippen molar-refractivity contribution in [1.29, 1.82) is 0 Å². The third kappa shape index (κ3) is 3.90. The molecule has 1 aliphatic carbocycles. The SMILES string of the molecule is CCc1cc(Cc2cc(C)c(O)c(C3CCCCC3)c2)cc(CC)c1O. The maximum Gasteiger partial charge on any atom is 0.121 e. The predicted molar refractivity (Wildman–Crippen MR) is 108 cm³/mol. The second-order valence-corrected chi connectivity index (χ2v) is 7.83. The number of aromatic hydroxyl groups is 2. The van der Waals surface area contributed by atoms with Crippen molar-refractivity contribution in [3.8, 4) is 11.5 Å². The minimum absolute atomic E-state index is 0.462. The van der Waals surface area contributed by atoms with Gasteiger partial charge in [-0.25, -0.2) is 0 Å². The summed E-state index contributed by atoms with van der Waals surface area (Å²) < 4.78 is 0. The van der Waals surface area contributed by atoms with Crippen molar-refractivity contribution in [2.45, 2.75) is 78.1 Å². The third-order valence-corrected chi connectivity index (χ3v) is 5.93. The highest BCUT2D eigenvalue weighted by atomic mass is 16.3. The van der Waals surface area contributed by atoms with Gasteiger partial charge in [-0.2, -0.15) is 0 Å². The molecule has 0 amide bonds. The first kappa shape index (κ1) is 18.8. The van der Waals surface area contributed by atoms with Crippen LogP contribution in [0.3, 0.4) is 0 Å². The number of hydrogen-bond acceptors (Lipinski definition) is 2. The van der Waals surface area contributed by atoms with Gasteiger partial charge < -0.3 is 10.2 Å². The van der Waals surface area contributed by atoms with Crippen molar-refractivity contribution >= 4 is 0 Å². The van der Waals surface area contributed by atoms with Gasteiger partial charge in [0.05, 0.1) is 0 Å². The highest BCUT2D eigenvalue weighted by Crippen LogP contribution is 2.39. The standard InChI is InChI=1S/C24H32O2/c1-4-19-13-18(14-20(5-2)24(19)26)12-17-11-16(3)23(25)22(15-17)21-9-7-6-8-10-21/h11,13-15,21,25-26H,4-10,12H2,1-3H3. The van der Waals surface area contributed by atoms with Gasteiger partial charge in [0.15, 0.2) is 0 Å². The molecule has 1 fully saturated rings. The van der Waals surface area contributed by atoms with Gasteiger partial charge in [-0.05, 0) is 78.3 Å². The largest absolute Gasteiger partial charge is 0.507 e. The Bertz CT molecular complexity index is 745. The van der Waals surface area contributed by atoms with Crippen LogP contribution in [0, 0.1) is 6.92 Å². The third-order valence-electron chi connectivity index (χ3n) is 5.93. The van der Waals surface area contributed by atoms with E-state index in [1.807, 2.05) is 6.92 Å². The fourth-order valence-electron chi connectivity index (χ4n) is 4.42. The van der Waals surface area contributed by atoms with Gasteiger partial charge >= 0.3 is 0 Å². The first-order valence-electron chi connectivity index (χ1n) is 10.2. The molecule has 0 spiro atoms. The van der Waals surface area contributed by atoms with Crippen LogP contribution in [-0.4, -0.2) is 10.2 Å². The Balaban J connectivity index is 1.94. The summed E-state index contributed by atoms with van der Waals surface area (Å²) in [5, 5.41) is 20.9.